The Morgan fingerprint density at radius 3 is 2.41 bits per heavy atom. The lowest BCUT2D eigenvalue weighted by atomic mass is 9.96. The minimum Gasteiger partial charge on any atom is -0.376 e. The van der Waals surface area contributed by atoms with E-state index in [2.05, 4.69) is 21.6 Å². The molecular weight excluding hydrogens is 340 g/mol. The Kier molecular flexibility index (Phi) is 6.44. The molecule has 1 saturated heterocycles. The number of hydrogen-bond donors (Lipinski definition) is 3. The molecule has 0 aliphatic carbocycles. The van der Waals surface area contributed by atoms with Gasteiger partial charge in [-0.2, -0.15) is 0 Å². The maximum atomic E-state index is 12.2. The second-order valence-electron chi connectivity index (χ2n) is 6.92. The summed E-state index contributed by atoms with van der Waals surface area (Å²) >= 11 is 0. The van der Waals surface area contributed by atoms with E-state index >= 15 is 0 Å². The van der Waals surface area contributed by atoms with Crippen molar-refractivity contribution in [3.8, 4) is 0 Å². The summed E-state index contributed by atoms with van der Waals surface area (Å²) in [4.78, 5) is 25.7. The van der Waals surface area contributed by atoms with Crippen LogP contribution in [0.4, 0.5) is 11.4 Å². The first-order valence-corrected chi connectivity index (χ1v) is 9.29. The Morgan fingerprint density at radius 2 is 1.70 bits per heavy atom. The summed E-state index contributed by atoms with van der Waals surface area (Å²) in [5.74, 6) is -0.272. The summed E-state index contributed by atoms with van der Waals surface area (Å²) in [5, 5.41) is 6.03. The van der Waals surface area contributed by atoms with E-state index in [0.717, 1.165) is 49.4 Å². The molecule has 0 saturated carbocycles. The van der Waals surface area contributed by atoms with Crippen LogP contribution in [0.2, 0.25) is 0 Å². The van der Waals surface area contributed by atoms with Gasteiger partial charge >= 0.3 is 0 Å². The van der Waals surface area contributed by atoms with Crippen LogP contribution in [-0.4, -0.2) is 36.3 Å². The Morgan fingerprint density at radius 1 is 1.00 bits per heavy atom. The van der Waals surface area contributed by atoms with Gasteiger partial charge in [-0.05, 0) is 55.8 Å². The summed E-state index contributed by atoms with van der Waals surface area (Å²) in [7, 11) is 0. The number of nitrogens with two attached hydrogens (primary N) is 1. The predicted molar refractivity (Wildman–Crippen MR) is 107 cm³/mol. The summed E-state index contributed by atoms with van der Waals surface area (Å²) in [6, 6.07) is 17.5. The van der Waals surface area contributed by atoms with Crippen molar-refractivity contribution in [3.05, 3.63) is 60.2 Å². The van der Waals surface area contributed by atoms with Crippen molar-refractivity contribution < 1.29 is 9.59 Å². The topological polar surface area (TPSA) is 87.5 Å². The highest BCUT2D eigenvalue weighted by atomic mass is 16.2. The highest BCUT2D eigenvalue weighted by Crippen LogP contribution is 2.20. The van der Waals surface area contributed by atoms with Crippen LogP contribution in [0.25, 0.3) is 0 Å². The molecule has 0 aromatic heterocycles. The number of likely N-dealkylation sites (tertiary alicyclic amines) is 1. The molecule has 6 heteroatoms. The summed E-state index contributed by atoms with van der Waals surface area (Å²) < 4.78 is 0. The number of anilines is 2. The number of carbonyl (C=O) groups is 2. The third-order valence-electron chi connectivity index (χ3n) is 4.83. The molecule has 6 nitrogen and oxygen atoms in total. The van der Waals surface area contributed by atoms with Gasteiger partial charge in [-0.1, -0.05) is 30.3 Å². The first-order valence-electron chi connectivity index (χ1n) is 9.29. The lowest BCUT2D eigenvalue weighted by Crippen LogP contribution is -2.38. The van der Waals surface area contributed by atoms with Crippen molar-refractivity contribution in [2.45, 2.75) is 19.4 Å². The third-order valence-corrected chi connectivity index (χ3v) is 4.83. The van der Waals surface area contributed by atoms with Crippen LogP contribution >= 0.6 is 0 Å². The average Bonchev–Trinajstić information content (AvgIpc) is 2.68. The molecule has 1 fully saturated rings. The van der Waals surface area contributed by atoms with Crippen molar-refractivity contribution in [2.75, 3.05) is 30.3 Å². The second-order valence-corrected chi connectivity index (χ2v) is 6.92. The number of hydrogen-bond acceptors (Lipinski definition) is 4. The largest absolute Gasteiger partial charge is 0.376 e. The monoisotopic (exact) mass is 366 g/mol. The second kappa shape index (κ2) is 9.19. The van der Waals surface area contributed by atoms with E-state index in [0.29, 0.717) is 0 Å². The first kappa shape index (κ1) is 18.9. The number of rotatable bonds is 7. The van der Waals surface area contributed by atoms with Gasteiger partial charge in [0.15, 0.2) is 0 Å². The number of benzene rings is 2. The number of carbonyl (C=O) groups excluding carboxylic acids is 2. The molecule has 2 amide bonds. The van der Waals surface area contributed by atoms with Gasteiger partial charge in [-0.3, -0.25) is 14.5 Å². The van der Waals surface area contributed by atoms with Gasteiger partial charge in [0.05, 0.1) is 6.54 Å². The highest BCUT2D eigenvalue weighted by molar-refractivity contribution is 5.93. The van der Waals surface area contributed by atoms with E-state index in [4.69, 9.17) is 5.73 Å². The molecule has 0 radical (unpaired) electrons. The number of para-hydroxylation sites is 1. The Bertz CT molecular complexity index is 771. The number of piperidine rings is 1. The van der Waals surface area contributed by atoms with Gasteiger partial charge in [0, 0.05) is 23.8 Å². The molecule has 2 aromatic carbocycles. The fourth-order valence-corrected chi connectivity index (χ4v) is 3.32. The molecular formula is C21H26N4O2. The minimum absolute atomic E-state index is 0.00369. The standard InChI is InChI=1S/C21H26N4O2/c22-21(27)17-9-11-25(12-10-17)15-16-5-4-8-19(13-16)24-20(26)14-23-18-6-2-1-3-7-18/h1-8,13,17,23H,9-12,14-15H2,(H2,22,27)(H,24,26). The Balaban J connectivity index is 1.48. The Hall–Kier alpha value is -2.86. The van der Waals surface area contributed by atoms with Gasteiger partial charge in [-0.15, -0.1) is 0 Å². The quantitative estimate of drug-likeness (QED) is 0.702. The number of nitrogens with one attached hydrogen (secondary N) is 2. The van der Waals surface area contributed by atoms with Crippen LogP contribution in [0.1, 0.15) is 18.4 Å². The third kappa shape index (κ3) is 5.82. The molecule has 0 bridgehead atoms. The zero-order chi connectivity index (χ0) is 19.1. The van der Waals surface area contributed by atoms with Gasteiger partial charge in [0.25, 0.3) is 0 Å². The molecule has 1 aliphatic heterocycles. The number of primary amides is 1. The number of nitrogens with zero attached hydrogens (tertiary/aromatic N) is 1. The van der Waals surface area contributed by atoms with Crippen molar-refractivity contribution in [1.82, 2.24) is 4.90 Å². The van der Waals surface area contributed by atoms with E-state index in [1.807, 2.05) is 48.5 Å². The van der Waals surface area contributed by atoms with Gasteiger partial charge in [0.2, 0.25) is 11.8 Å². The van der Waals surface area contributed by atoms with Crippen molar-refractivity contribution in [1.29, 1.82) is 0 Å². The lowest BCUT2D eigenvalue weighted by Gasteiger charge is -2.30. The smallest absolute Gasteiger partial charge is 0.243 e. The van der Waals surface area contributed by atoms with E-state index in [1.54, 1.807) is 0 Å². The van der Waals surface area contributed by atoms with Gasteiger partial charge in [0.1, 0.15) is 0 Å². The normalized spacial score (nSPS) is 15.3. The van der Waals surface area contributed by atoms with E-state index in [9.17, 15) is 9.59 Å². The van der Waals surface area contributed by atoms with Gasteiger partial charge < -0.3 is 16.4 Å². The van der Waals surface area contributed by atoms with Crippen molar-refractivity contribution >= 4 is 23.2 Å². The molecule has 3 rings (SSSR count). The van der Waals surface area contributed by atoms with E-state index < -0.39 is 0 Å². The molecule has 2 aromatic rings. The van der Waals surface area contributed by atoms with Crippen LogP contribution in [0.15, 0.2) is 54.6 Å². The molecule has 1 aliphatic rings. The van der Waals surface area contributed by atoms with Crippen LogP contribution in [-0.2, 0) is 16.1 Å². The molecule has 1 heterocycles. The molecule has 0 unspecified atom stereocenters. The molecule has 27 heavy (non-hydrogen) atoms. The highest BCUT2D eigenvalue weighted by Gasteiger charge is 2.22. The maximum absolute atomic E-state index is 12.2. The fraction of sp³-hybridized carbons (Fsp3) is 0.333. The van der Waals surface area contributed by atoms with Crippen LogP contribution < -0.4 is 16.4 Å². The fourth-order valence-electron chi connectivity index (χ4n) is 3.32. The van der Waals surface area contributed by atoms with Gasteiger partial charge in [-0.25, -0.2) is 0 Å². The minimum atomic E-state index is -0.191. The zero-order valence-corrected chi connectivity index (χ0v) is 15.4. The lowest BCUT2D eigenvalue weighted by molar-refractivity contribution is -0.123. The average molecular weight is 366 g/mol. The van der Waals surface area contributed by atoms with Crippen molar-refractivity contribution in [3.63, 3.8) is 0 Å². The molecule has 0 spiro atoms. The zero-order valence-electron chi connectivity index (χ0n) is 15.4. The summed E-state index contributed by atoms with van der Waals surface area (Å²) in [5.41, 5.74) is 8.24. The maximum Gasteiger partial charge on any atom is 0.243 e. The SMILES string of the molecule is NC(=O)C1CCN(Cc2cccc(NC(=O)CNc3ccccc3)c2)CC1. The number of amides is 2. The van der Waals surface area contributed by atoms with Crippen LogP contribution in [0.5, 0.6) is 0 Å². The van der Waals surface area contributed by atoms with Crippen LogP contribution in [0.3, 0.4) is 0 Å². The van der Waals surface area contributed by atoms with E-state index in [-0.39, 0.29) is 24.3 Å². The molecule has 4 N–H and O–H groups in total. The summed E-state index contributed by atoms with van der Waals surface area (Å²) in [6.07, 6.45) is 1.63. The first-order chi connectivity index (χ1) is 13.1. The molecule has 0 atom stereocenters. The summed E-state index contributed by atoms with van der Waals surface area (Å²) in [6.45, 7) is 2.75. The van der Waals surface area contributed by atoms with Crippen molar-refractivity contribution in [2.24, 2.45) is 11.7 Å². The van der Waals surface area contributed by atoms with Crippen LogP contribution in [0, 0.1) is 5.92 Å². The predicted octanol–water partition coefficient (Wildman–Crippen LogP) is 2.43. The van der Waals surface area contributed by atoms with E-state index in [1.165, 1.54) is 0 Å². The Labute approximate surface area is 159 Å². The molecule has 142 valence electrons.